The molecule has 4 nitrogen and oxygen atoms in total. The lowest BCUT2D eigenvalue weighted by Gasteiger charge is -2.37. The van der Waals surface area contributed by atoms with Gasteiger partial charge >= 0.3 is 0 Å². The minimum atomic E-state index is -0.323. The summed E-state index contributed by atoms with van der Waals surface area (Å²) in [5.74, 6) is 1.10. The van der Waals surface area contributed by atoms with Crippen molar-refractivity contribution in [1.82, 2.24) is 4.90 Å². The van der Waals surface area contributed by atoms with E-state index in [-0.39, 0.29) is 16.7 Å². The van der Waals surface area contributed by atoms with E-state index < -0.39 is 0 Å². The molecule has 1 aliphatic heterocycles. The van der Waals surface area contributed by atoms with Gasteiger partial charge in [-0.05, 0) is 42.2 Å². The first-order valence-electron chi connectivity index (χ1n) is 10.8. The molecular formula is C25H30N2O2. The van der Waals surface area contributed by atoms with Crippen LogP contribution >= 0.6 is 0 Å². The van der Waals surface area contributed by atoms with Crippen molar-refractivity contribution in [2.45, 2.75) is 57.2 Å². The van der Waals surface area contributed by atoms with Crippen LogP contribution in [0.25, 0.3) is 0 Å². The molecule has 0 unspecified atom stereocenters. The summed E-state index contributed by atoms with van der Waals surface area (Å²) in [6.45, 7) is 5.06. The van der Waals surface area contributed by atoms with E-state index in [0.717, 1.165) is 24.4 Å². The summed E-state index contributed by atoms with van der Waals surface area (Å²) in [7, 11) is 0. The molecule has 0 aromatic heterocycles. The molecule has 2 aromatic rings. The molecule has 0 N–H and O–H groups in total. The summed E-state index contributed by atoms with van der Waals surface area (Å²) < 4.78 is 0. The van der Waals surface area contributed by atoms with Crippen LogP contribution in [0.3, 0.4) is 0 Å². The molecule has 1 aliphatic carbocycles. The third-order valence-electron chi connectivity index (χ3n) is 6.85. The van der Waals surface area contributed by atoms with Crippen molar-refractivity contribution in [2.24, 2.45) is 11.8 Å². The van der Waals surface area contributed by atoms with Gasteiger partial charge in [-0.3, -0.25) is 15.0 Å². The van der Waals surface area contributed by atoms with E-state index in [0.29, 0.717) is 12.0 Å². The fourth-order valence-electron chi connectivity index (χ4n) is 5.44. The molecule has 1 heterocycles. The maximum absolute atomic E-state index is 11.1. The predicted molar refractivity (Wildman–Crippen MR) is 116 cm³/mol. The Morgan fingerprint density at radius 1 is 1.03 bits per heavy atom. The van der Waals surface area contributed by atoms with Crippen molar-refractivity contribution in [2.75, 3.05) is 0 Å². The fraction of sp³-hybridized carbons (Fsp3) is 0.440. The van der Waals surface area contributed by atoms with Crippen molar-refractivity contribution < 1.29 is 4.92 Å². The Kier molecular flexibility index (Phi) is 6.10. The minimum Gasteiger partial charge on any atom is -0.288 e. The molecule has 4 heteroatoms. The van der Waals surface area contributed by atoms with E-state index in [1.807, 2.05) is 12.1 Å². The Morgan fingerprint density at radius 2 is 1.72 bits per heavy atom. The van der Waals surface area contributed by atoms with Crippen LogP contribution in [0.5, 0.6) is 0 Å². The SMILES string of the molecule is C=C[C@@H]1C[C@H](C2CCCCC2)N(Cc2ccccc2)[C@H]1c1ccc([N+](=O)[O-])cc1. The highest BCUT2D eigenvalue weighted by atomic mass is 16.6. The molecular weight excluding hydrogens is 360 g/mol. The molecule has 0 bridgehead atoms. The summed E-state index contributed by atoms with van der Waals surface area (Å²) in [4.78, 5) is 13.4. The molecule has 2 aliphatic rings. The van der Waals surface area contributed by atoms with Gasteiger partial charge in [0.05, 0.1) is 4.92 Å². The maximum atomic E-state index is 11.1. The molecule has 3 atom stereocenters. The quantitative estimate of drug-likeness (QED) is 0.331. The van der Waals surface area contributed by atoms with Gasteiger partial charge in [-0.15, -0.1) is 6.58 Å². The van der Waals surface area contributed by atoms with Crippen LogP contribution in [0, 0.1) is 22.0 Å². The highest BCUT2D eigenvalue weighted by Gasteiger charge is 2.43. The van der Waals surface area contributed by atoms with Crippen molar-refractivity contribution in [1.29, 1.82) is 0 Å². The van der Waals surface area contributed by atoms with Gasteiger partial charge in [-0.1, -0.05) is 67.8 Å². The maximum Gasteiger partial charge on any atom is 0.269 e. The van der Waals surface area contributed by atoms with Crippen molar-refractivity contribution in [3.63, 3.8) is 0 Å². The molecule has 152 valence electrons. The van der Waals surface area contributed by atoms with Crippen LogP contribution in [0.2, 0.25) is 0 Å². The zero-order chi connectivity index (χ0) is 20.2. The Labute approximate surface area is 173 Å². The van der Waals surface area contributed by atoms with E-state index in [2.05, 4.69) is 47.9 Å². The second-order valence-electron chi connectivity index (χ2n) is 8.55. The Morgan fingerprint density at radius 3 is 2.34 bits per heavy atom. The first kappa shape index (κ1) is 19.8. The lowest BCUT2D eigenvalue weighted by molar-refractivity contribution is -0.384. The van der Waals surface area contributed by atoms with Crippen LogP contribution in [0.1, 0.15) is 55.7 Å². The molecule has 2 fully saturated rings. The monoisotopic (exact) mass is 390 g/mol. The minimum absolute atomic E-state index is 0.153. The molecule has 4 rings (SSSR count). The number of nitro benzene ring substituents is 1. The summed E-state index contributed by atoms with van der Waals surface area (Å²) in [6, 6.07) is 18.6. The van der Waals surface area contributed by atoms with E-state index in [9.17, 15) is 10.1 Å². The van der Waals surface area contributed by atoms with Gasteiger partial charge in [-0.25, -0.2) is 0 Å². The normalized spacial score (nSPS) is 25.7. The first-order valence-corrected chi connectivity index (χ1v) is 10.8. The molecule has 0 radical (unpaired) electrons. The van der Waals surface area contributed by atoms with Crippen LogP contribution in [-0.4, -0.2) is 15.9 Å². The zero-order valence-corrected chi connectivity index (χ0v) is 17.0. The number of nitrogens with zero attached hydrogens (tertiary/aromatic N) is 2. The highest BCUT2D eigenvalue weighted by Crippen LogP contribution is 2.47. The third kappa shape index (κ3) is 4.27. The van der Waals surface area contributed by atoms with E-state index in [1.165, 1.54) is 37.7 Å². The van der Waals surface area contributed by atoms with Gasteiger partial charge in [0.1, 0.15) is 0 Å². The van der Waals surface area contributed by atoms with Gasteiger partial charge < -0.3 is 0 Å². The van der Waals surface area contributed by atoms with Gasteiger partial charge in [-0.2, -0.15) is 0 Å². The molecule has 1 saturated heterocycles. The largest absolute Gasteiger partial charge is 0.288 e. The summed E-state index contributed by atoms with van der Waals surface area (Å²) in [5.41, 5.74) is 2.64. The van der Waals surface area contributed by atoms with Gasteiger partial charge in [0.15, 0.2) is 0 Å². The lowest BCUT2D eigenvalue weighted by Crippen LogP contribution is -2.37. The lowest BCUT2D eigenvalue weighted by atomic mass is 9.82. The molecule has 0 spiro atoms. The smallest absolute Gasteiger partial charge is 0.269 e. The molecule has 29 heavy (non-hydrogen) atoms. The Bertz CT molecular complexity index is 828. The summed E-state index contributed by atoms with van der Waals surface area (Å²) in [5, 5.41) is 11.1. The number of non-ortho nitro benzene ring substituents is 1. The van der Waals surface area contributed by atoms with Crippen molar-refractivity contribution in [3.8, 4) is 0 Å². The van der Waals surface area contributed by atoms with E-state index in [4.69, 9.17) is 0 Å². The molecule has 0 amide bonds. The molecule has 1 saturated carbocycles. The van der Waals surface area contributed by atoms with Gasteiger partial charge in [0, 0.05) is 30.8 Å². The number of hydrogen-bond donors (Lipinski definition) is 0. The highest BCUT2D eigenvalue weighted by molar-refractivity contribution is 5.35. The van der Waals surface area contributed by atoms with E-state index in [1.54, 1.807) is 12.1 Å². The number of benzene rings is 2. The average molecular weight is 391 g/mol. The number of rotatable bonds is 6. The van der Waals surface area contributed by atoms with Crippen molar-refractivity contribution in [3.05, 3.63) is 88.5 Å². The predicted octanol–water partition coefficient (Wildman–Crippen LogP) is 6.29. The van der Waals surface area contributed by atoms with Gasteiger partial charge in [0.2, 0.25) is 0 Å². The number of hydrogen-bond acceptors (Lipinski definition) is 3. The van der Waals surface area contributed by atoms with Crippen LogP contribution in [0.15, 0.2) is 67.3 Å². The topological polar surface area (TPSA) is 46.4 Å². The standard InChI is InChI=1S/C25H30N2O2/c1-2-20-17-24(21-11-7-4-8-12-21)26(18-19-9-5-3-6-10-19)25(20)22-13-15-23(16-14-22)27(28)29/h2-3,5-6,9-10,13-16,20-21,24-25H,1,4,7-8,11-12,17-18H2/t20-,24-,25-/m1/s1. The fourth-order valence-corrected chi connectivity index (χ4v) is 5.44. The van der Waals surface area contributed by atoms with Crippen molar-refractivity contribution >= 4 is 5.69 Å². The Balaban J connectivity index is 1.68. The average Bonchev–Trinajstić information content (AvgIpc) is 3.13. The number of likely N-dealkylation sites (tertiary alicyclic amines) is 1. The van der Waals surface area contributed by atoms with E-state index >= 15 is 0 Å². The number of nitro groups is 1. The zero-order valence-electron chi connectivity index (χ0n) is 17.0. The first-order chi connectivity index (χ1) is 14.2. The Hall–Kier alpha value is -2.46. The summed E-state index contributed by atoms with van der Waals surface area (Å²) in [6.07, 6.45) is 9.89. The van der Waals surface area contributed by atoms with Crippen LogP contribution < -0.4 is 0 Å². The summed E-state index contributed by atoms with van der Waals surface area (Å²) >= 11 is 0. The second-order valence-corrected chi connectivity index (χ2v) is 8.55. The molecule has 2 aromatic carbocycles. The van der Waals surface area contributed by atoms with Crippen LogP contribution in [0.4, 0.5) is 5.69 Å². The van der Waals surface area contributed by atoms with Crippen LogP contribution in [-0.2, 0) is 6.54 Å². The third-order valence-corrected chi connectivity index (χ3v) is 6.85. The second kappa shape index (κ2) is 8.91. The van der Waals surface area contributed by atoms with Gasteiger partial charge in [0.25, 0.3) is 5.69 Å².